The van der Waals surface area contributed by atoms with Crippen molar-refractivity contribution in [3.63, 3.8) is 0 Å². The number of hydrogen-bond donors (Lipinski definition) is 2. The van der Waals surface area contributed by atoms with Crippen LogP contribution in [0.4, 0.5) is 10.1 Å². The number of nitrogens with two attached hydrogens (primary N) is 1. The summed E-state index contributed by atoms with van der Waals surface area (Å²) in [5.41, 5.74) is 5.85. The van der Waals surface area contributed by atoms with Gasteiger partial charge in [-0.3, -0.25) is 14.4 Å². The monoisotopic (exact) mass is 358 g/mol. The standard InChI is InChI=1S/C18H19FN4O3/c1-22-10-11(16(20)24)9-15(22)17(25)21-13-6-4-8-23(18(13)26)14-7-3-2-5-12(14)19/h2-3,5,7,9-10,13H,4,6,8H2,1H3,(H2,20,24)(H,21,25). The lowest BCUT2D eigenvalue weighted by Gasteiger charge is -2.32. The average Bonchev–Trinajstić information content (AvgIpc) is 3.00. The lowest BCUT2D eigenvalue weighted by atomic mass is 10.0. The second-order valence-electron chi connectivity index (χ2n) is 6.20. The number of carbonyl (C=O) groups excluding carboxylic acids is 3. The van der Waals surface area contributed by atoms with Gasteiger partial charge < -0.3 is 20.5 Å². The van der Waals surface area contributed by atoms with E-state index in [4.69, 9.17) is 5.73 Å². The van der Waals surface area contributed by atoms with Gasteiger partial charge in [-0.1, -0.05) is 12.1 Å². The summed E-state index contributed by atoms with van der Waals surface area (Å²) in [5, 5.41) is 2.67. The molecule has 3 amide bonds. The number of para-hydroxylation sites is 1. The topological polar surface area (TPSA) is 97.4 Å². The number of piperidine rings is 1. The number of benzene rings is 1. The van der Waals surface area contributed by atoms with Gasteiger partial charge in [0.15, 0.2) is 0 Å². The van der Waals surface area contributed by atoms with Crippen LogP contribution >= 0.6 is 0 Å². The van der Waals surface area contributed by atoms with Gasteiger partial charge in [0.25, 0.3) is 5.91 Å². The SMILES string of the molecule is Cn1cc(C(N)=O)cc1C(=O)NC1CCCN(c2ccccc2F)C1=O. The molecule has 0 saturated carbocycles. The number of aryl methyl sites for hydroxylation is 1. The molecule has 3 N–H and O–H groups in total. The van der Waals surface area contributed by atoms with Crippen molar-refractivity contribution >= 4 is 23.4 Å². The minimum atomic E-state index is -0.761. The fraction of sp³-hybridized carbons (Fsp3) is 0.278. The van der Waals surface area contributed by atoms with Crippen molar-refractivity contribution in [2.45, 2.75) is 18.9 Å². The number of hydrogen-bond acceptors (Lipinski definition) is 3. The molecule has 0 aliphatic carbocycles. The molecular formula is C18H19FN4O3. The molecule has 8 heteroatoms. The molecule has 1 unspecified atom stereocenters. The Balaban J connectivity index is 1.77. The summed E-state index contributed by atoms with van der Waals surface area (Å²) in [5.74, 6) is -1.98. The predicted molar refractivity (Wildman–Crippen MR) is 93.2 cm³/mol. The van der Waals surface area contributed by atoms with Crippen LogP contribution in [0.3, 0.4) is 0 Å². The molecule has 1 aromatic carbocycles. The van der Waals surface area contributed by atoms with Crippen LogP contribution in [0.1, 0.15) is 33.7 Å². The number of amides is 3. The van der Waals surface area contributed by atoms with Crippen LogP contribution < -0.4 is 16.0 Å². The molecular weight excluding hydrogens is 339 g/mol. The van der Waals surface area contributed by atoms with Crippen LogP contribution in [-0.2, 0) is 11.8 Å². The van der Waals surface area contributed by atoms with Crippen LogP contribution in [0.2, 0.25) is 0 Å². The molecule has 1 atom stereocenters. The van der Waals surface area contributed by atoms with E-state index >= 15 is 0 Å². The summed E-state index contributed by atoms with van der Waals surface area (Å²) in [6.07, 6.45) is 2.54. The molecule has 0 radical (unpaired) electrons. The van der Waals surface area contributed by atoms with Crippen molar-refractivity contribution in [1.29, 1.82) is 0 Å². The zero-order chi connectivity index (χ0) is 18.8. The van der Waals surface area contributed by atoms with Crippen molar-refractivity contribution < 1.29 is 18.8 Å². The Morgan fingerprint density at radius 1 is 1.31 bits per heavy atom. The van der Waals surface area contributed by atoms with Crippen LogP contribution in [-0.4, -0.2) is 34.9 Å². The van der Waals surface area contributed by atoms with E-state index in [2.05, 4.69) is 5.32 Å². The molecule has 1 saturated heterocycles. The van der Waals surface area contributed by atoms with Gasteiger partial charge in [-0.15, -0.1) is 0 Å². The van der Waals surface area contributed by atoms with Crippen molar-refractivity contribution in [3.05, 3.63) is 53.6 Å². The van der Waals surface area contributed by atoms with Crippen molar-refractivity contribution in [3.8, 4) is 0 Å². The maximum Gasteiger partial charge on any atom is 0.268 e. The summed E-state index contributed by atoms with van der Waals surface area (Å²) < 4.78 is 15.5. The van der Waals surface area contributed by atoms with Crippen LogP contribution in [0, 0.1) is 5.82 Å². The van der Waals surface area contributed by atoms with Gasteiger partial charge in [0.2, 0.25) is 11.8 Å². The maximum absolute atomic E-state index is 14.0. The molecule has 7 nitrogen and oxygen atoms in total. The quantitative estimate of drug-likeness (QED) is 0.859. The zero-order valence-electron chi connectivity index (χ0n) is 14.2. The van der Waals surface area contributed by atoms with Crippen molar-refractivity contribution in [2.75, 3.05) is 11.4 Å². The molecule has 136 valence electrons. The van der Waals surface area contributed by atoms with Gasteiger partial charge in [-0.25, -0.2) is 4.39 Å². The van der Waals surface area contributed by atoms with Gasteiger partial charge in [-0.05, 0) is 31.0 Å². The van der Waals surface area contributed by atoms with Gasteiger partial charge >= 0.3 is 0 Å². The minimum absolute atomic E-state index is 0.200. The largest absolute Gasteiger partial charge is 0.366 e. The number of nitrogens with one attached hydrogen (secondary N) is 1. The molecule has 1 aliphatic rings. The lowest BCUT2D eigenvalue weighted by Crippen LogP contribution is -2.52. The Bertz CT molecular complexity index is 877. The molecule has 2 aromatic rings. The Morgan fingerprint density at radius 2 is 2.04 bits per heavy atom. The molecule has 26 heavy (non-hydrogen) atoms. The smallest absolute Gasteiger partial charge is 0.268 e. The Morgan fingerprint density at radius 3 is 2.69 bits per heavy atom. The number of nitrogens with zero attached hydrogens (tertiary/aromatic N) is 2. The van der Waals surface area contributed by atoms with E-state index in [-0.39, 0.29) is 22.9 Å². The Kier molecular flexibility index (Phi) is 4.75. The van der Waals surface area contributed by atoms with E-state index in [0.717, 1.165) is 0 Å². The lowest BCUT2D eigenvalue weighted by molar-refractivity contribution is -0.121. The van der Waals surface area contributed by atoms with E-state index in [1.54, 1.807) is 19.2 Å². The molecule has 0 bridgehead atoms. The molecule has 1 aromatic heterocycles. The van der Waals surface area contributed by atoms with E-state index in [9.17, 15) is 18.8 Å². The second kappa shape index (κ2) is 6.99. The number of carbonyl (C=O) groups is 3. The third-order valence-electron chi connectivity index (χ3n) is 4.41. The number of halogens is 1. The molecule has 1 aliphatic heterocycles. The second-order valence-corrected chi connectivity index (χ2v) is 6.20. The van der Waals surface area contributed by atoms with Crippen LogP contribution in [0.5, 0.6) is 0 Å². The summed E-state index contributed by atoms with van der Waals surface area (Å²) in [7, 11) is 1.61. The fourth-order valence-corrected chi connectivity index (χ4v) is 3.08. The third-order valence-corrected chi connectivity index (χ3v) is 4.41. The van der Waals surface area contributed by atoms with Gasteiger partial charge in [-0.2, -0.15) is 0 Å². The first-order valence-corrected chi connectivity index (χ1v) is 8.21. The average molecular weight is 358 g/mol. The van der Waals surface area contributed by atoms with E-state index in [1.165, 1.54) is 33.9 Å². The molecule has 2 heterocycles. The maximum atomic E-state index is 14.0. The summed E-state index contributed by atoms with van der Waals surface area (Å²) in [6.45, 7) is 0.391. The summed E-state index contributed by atoms with van der Waals surface area (Å²) in [6, 6.07) is 6.65. The highest BCUT2D eigenvalue weighted by molar-refractivity contribution is 6.03. The fourth-order valence-electron chi connectivity index (χ4n) is 3.08. The molecule has 1 fully saturated rings. The number of rotatable bonds is 4. The van der Waals surface area contributed by atoms with E-state index in [1.807, 2.05) is 0 Å². The minimum Gasteiger partial charge on any atom is -0.366 e. The third kappa shape index (κ3) is 3.30. The molecule has 0 spiro atoms. The first kappa shape index (κ1) is 17.7. The van der Waals surface area contributed by atoms with Crippen molar-refractivity contribution in [1.82, 2.24) is 9.88 Å². The summed E-state index contributed by atoms with van der Waals surface area (Å²) in [4.78, 5) is 37.8. The first-order chi connectivity index (χ1) is 12.4. The van der Waals surface area contributed by atoms with Gasteiger partial charge in [0.05, 0.1) is 11.3 Å². The van der Waals surface area contributed by atoms with Crippen LogP contribution in [0.15, 0.2) is 36.5 Å². The highest BCUT2D eigenvalue weighted by Gasteiger charge is 2.32. The molecule has 3 rings (SSSR count). The van der Waals surface area contributed by atoms with Gasteiger partial charge in [0.1, 0.15) is 17.6 Å². The predicted octanol–water partition coefficient (Wildman–Crippen LogP) is 1.19. The van der Waals surface area contributed by atoms with E-state index < -0.39 is 23.7 Å². The normalized spacial score (nSPS) is 17.2. The number of primary amides is 1. The van der Waals surface area contributed by atoms with E-state index in [0.29, 0.717) is 19.4 Å². The highest BCUT2D eigenvalue weighted by atomic mass is 19.1. The zero-order valence-corrected chi connectivity index (χ0v) is 14.2. The number of anilines is 1. The highest BCUT2D eigenvalue weighted by Crippen LogP contribution is 2.24. The van der Waals surface area contributed by atoms with Crippen LogP contribution in [0.25, 0.3) is 0 Å². The Labute approximate surface area is 149 Å². The van der Waals surface area contributed by atoms with Crippen molar-refractivity contribution in [2.24, 2.45) is 12.8 Å². The van der Waals surface area contributed by atoms with Gasteiger partial charge in [0, 0.05) is 19.8 Å². The first-order valence-electron chi connectivity index (χ1n) is 8.21. The number of aromatic nitrogens is 1. The Hall–Kier alpha value is -3.16. The summed E-state index contributed by atoms with van der Waals surface area (Å²) >= 11 is 0.